The quantitative estimate of drug-likeness (QED) is 0.779. The molecule has 25 heavy (non-hydrogen) atoms. The molecule has 0 aliphatic rings. The molecule has 1 unspecified atom stereocenters. The first kappa shape index (κ1) is 16.9. The molecule has 1 heterocycles. The van der Waals surface area contributed by atoms with Crippen molar-refractivity contribution in [2.75, 3.05) is 0 Å². The largest absolute Gasteiger partial charge is 0.348 e. The van der Waals surface area contributed by atoms with Gasteiger partial charge >= 0.3 is 0 Å². The summed E-state index contributed by atoms with van der Waals surface area (Å²) >= 11 is 0. The standard InChI is InChI=1S/C20H21N3O2/c1-3-16(15-10-8-14(2)9-11-15)22-19(24)13-23-18-7-5-4-6-17(18)21-12-20(23)25/h4-12,16H,3,13H2,1-2H3,(H,22,24). The Balaban J connectivity index is 1.81. The molecular weight excluding hydrogens is 314 g/mol. The van der Waals surface area contributed by atoms with Gasteiger partial charge in [-0.05, 0) is 31.0 Å². The second kappa shape index (κ2) is 7.30. The third-order valence-corrected chi connectivity index (χ3v) is 4.28. The van der Waals surface area contributed by atoms with Crippen molar-refractivity contribution in [1.29, 1.82) is 0 Å². The highest BCUT2D eigenvalue weighted by molar-refractivity contribution is 5.80. The lowest BCUT2D eigenvalue weighted by Gasteiger charge is -2.18. The fourth-order valence-electron chi connectivity index (χ4n) is 2.88. The van der Waals surface area contributed by atoms with E-state index in [0.717, 1.165) is 12.0 Å². The third-order valence-electron chi connectivity index (χ3n) is 4.28. The zero-order chi connectivity index (χ0) is 17.8. The molecule has 0 aliphatic heterocycles. The van der Waals surface area contributed by atoms with Crippen LogP contribution in [0.4, 0.5) is 0 Å². The highest BCUT2D eigenvalue weighted by Crippen LogP contribution is 2.17. The summed E-state index contributed by atoms with van der Waals surface area (Å²) in [6.07, 6.45) is 2.04. The van der Waals surface area contributed by atoms with E-state index in [1.807, 2.05) is 56.3 Å². The van der Waals surface area contributed by atoms with Crippen LogP contribution in [0.15, 0.2) is 59.5 Å². The van der Waals surface area contributed by atoms with Gasteiger partial charge in [0, 0.05) is 0 Å². The third kappa shape index (κ3) is 3.76. The Morgan fingerprint density at radius 1 is 1.16 bits per heavy atom. The van der Waals surface area contributed by atoms with Gasteiger partial charge in [0.05, 0.1) is 23.3 Å². The highest BCUT2D eigenvalue weighted by atomic mass is 16.2. The molecule has 0 aliphatic carbocycles. The summed E-state index contributed by atoms with van der Waals surface area (Å²) in [5.41, 5.74) is 3.32. The van der Waals surface area contributed by atoms with Gasteiger partial charge in [0.25, 0.3) is 5.56 Å². The van der Waals surface area contributed by atoms with E-state index in [9.17, 15) is 9.59 Å². The summed E-state index contributed by atoms with van der Waals surface area (Å²) in [5.74, 6) is -0.189. The molecule has 1 aromatic heterocycles. The maximum absolute atomic E-state index is 12.5. The number of aromatic nitrogens is 2. The molecular formula is C20H21N3O2. The van der Waals surface area contributed by atoms with Crippen molar-refractivity contribution in [2.24, 2.45) is 0 Å². The number of nitrogens with one attached hydrogen (secondary N) is 1. The van der Waals surface area contributed by atoms with Gasteiger partial charge in [0.1, 0.15) is 6.54 Å². The maximum Gasteiger partial charge on any atom is 0.269 e. The van der Waals surface area contributed by atoms with Crippen LogP contribution in [0.5, 0.6) is 0 Å². The first-order chi connectivity index (χ1) is 12.1. The molecule has 1 N–H and O–H groups in total. The number of rotatable bonds is 5. The van der Waals surface area contributed by atoms with Gasteiger partial charge in [-0.25, -0.2) is 4.98 Å². The van der Waals surface area contributed by atoms with Gasteiger partial charge in [0.15, 0.2) is 0 Å². The first-order valence-electron chi connectivity index (χ1n) is 8.39. The van der Waals surface area contributed by atoms with Crippen LogP contribution in [0.2, 0.25) is 0 Å². The molecule has 1 atom stereocenters. The normalized spacial score (nSPS) is 12.1. The number of benzene rings is 2. The summed E-state index contributed by atoms with van der Waals surface area (Å²) < 4.78 is 1.46. The Bertz CT molecular complexity index is 945. The van der Waals surface area contributed by atoms with Crippen LogP contribution in [0.3, 0.4) is 0 Å². The second-order valence-electron chi connectivity index (χ2n) is 6.11. The maximum atomic E-state index is 12.5. The summed E-state index contributed by atoms with van der Waals surface area (Å²) in [4.78, 5) is 28.8. The SMILES string of the molecule is CCC(NC(=O)Cn1c(=O)cnc2ccccc21)c1ccc(C)cc1. The van der Waals surface area contributed by atoms with Crippen LogP contribution in [-0.4, -0.2) is 15.5 Å². The Hall–Kier alpha value is -2.95. The Morgan fingerprint density at radius 2 is 1.88 bits per heavy atom. The molecule has 3 rings (SSSR count). The van der Waals surface area contributed by atoms with Crippen LogP contribution in [0, 0.1) is 6.92 Å². The van der Waals surface area contributed by atoms with E-state index in [1.165, 1.54) is 16.3 Å². The predicted molar refractivity (Wildman–Crippen MR) is 98.4 cm³/mol. The molecule has 5 nitrogen and oxygen atoms in total. The number of carbonyl (C=O) groups is 1. The van der Waals surface area contributed by atoms with Crippen LogP contribution in [0.25, 0.3) is 11.0 Å². The zero-order valence-corrected chi connectivity index (χ0v) is 14.4. The summed E-state index contributed by atoms with van der Waals surface area (Å²) in [6.45, 7) is 4.04. The average Bonchev–Trinajstić information content (AvgIpc) is 2.63. The Kier molecular flexibility index (Phi) is 4.93. The lowest BCUT2D eigenvalue weighted by molar-refractivity contribution is -0.122. The molecule has 128 valence electrons. The molecule has 0 radical (unpaired) electrons. The zero-order valence-electron chi connectivity index (χ0n) is 14.4. The topological polar surface area (TPSA) is 64.0 Å². The van der Waals surface area contributed by atoms with Gasteiger partial charge in [-0.2, -0.15) is 0 Å². The minimum absolute atomic E-state index is 0.0236. The number of aryl methyl sites for hydroxylation is 1. The minimum atomic E-state index is -0.280. The lowest BCUT2D eigenvalue weighted by Crippen LogP contribution is -2.34. The van der Waals surface area contributed by atoms with Gasteiger partial charge in [-0.3, -0.25) is 14.2 Å². The van der Waals surface area contributed by atoms with E-state index in [1.54, 1.807) is 6.07 Å². The van der Waals surface area contributed by atoms with Gasteiger partial charge in [-0.15, -0.1) is 0 Å². The van der Waals surface area contributed by atoms with Crippen molar-refractivity contribution in [2.45, 2.75) is 32.9 Å². The number of hydrogen-bond acceptors (Lipinski definition) is 3. The molecule has 0 saturated carbocycles. The van der Waals surface area contributed by atoms with Crippen molar-refractivity contribution >= 4 is 16.9 Å². The number of amides is 1. The predicted octanol–water partition coefficient (Wildman–Crippen LogP) is 2.97. The van der Waals surface area contributed by atoms with E-state index in [-0.39, 0.29) is 24.1 Å². The van der Waals surface area contributed by atoms with E-state index < -0.39 is 0 Å². The van der Waals surface area contributed by atoms with Gasteiger partial charge in [-0.1, -0.05) is 48.9 Å². The highest BCUT2D eigenvalue weighted by Gasteiger charge is 2.14. The molecule has 0 spiro atoms. The number of carbonyl (C=O) groups excluding carboxylic acids is 1. The number of nitrogens with zero attached hydrogens (tertiary/aromatic N) is 2. The number of para-hydroxylation sites is 2. The Labute approximate surface area is 146 Å². The number of fused-ring (bicyclic) bond motifs is 1. The molecule has 2 aromatic carbocycles. The molecule has 1 amide bonds. The molecule has 5 heteroatoms. The fraction of sp³-hybridized carbons (Fsp3) is 0.250. The lowest BCUT2D eigenvalue weighted by atomic mass is 10.0. The Morgan fingerprint density at radius 3 is 2.60 bits per heavy atom. The molecule has 0 saturated heterocycles. The summed E-state index contributed by atoms with van der Waals surface area (Å²) in [5, 5.41) is 3.02. The summed E-state index contributed by atoms with van der Waals surface area (Å²) in [7, 11) is 0. The number of hydrogen-bond donors (Lipinski definition) is 1. The van der Waals surface area contributed by atoms with Gasteiger partial charge < -0.3 is 5.32 Å². The van der Waals surface area contributed by atoms with Crippen molar-refractivity contribution in [3.63, 3.8) is 0 Å². The van der Waals surface area contributed by atoms with Crippen LogP contribution in [0.1, 0.15) is 30.5 Å². The second-order valence-corrected chi connectivity index (χ2v) is 6.11. The molecule has 3 aromatic rings. The first-order valence-corrected chi connectivity index (χ1v) is 8.39. The van der Waals surface area contributed by atoms with Crippen LogP contribution in [-0.2, 0) is 11.3 Å². The van der Waals surface area contributed by atoms with E-state index in [4.69, 9.17) is 0 Å². The van der Waals surface area contributed by atoms with E-state index >= 15 is 0 Å². The van der Waals surface area contributed by atoms with Crippen molar-refractivity contribution in [3.05, 3.63) is 76.2 Å². The van der Waals surface area contributed by atoms with Crippen molar-refractivity contribution in [1.82, 2.24) is 14.9 Å². The van der Waals surface area contributed by atoms with Crippen molar-refractivity contribution < 1.29 is 4.79 Å². The van der Waals surface area contributed by atoms with Gasteiger partial charge in [0.2, 0.25) is 5.91 Å². The molecule has 0 bridgehead atoms. The van der Waals surface area contributed by atoms with Crippen LogP contribution >= 0.6 is 0 Å². The monoisotopic (exact) mass is 335 g/mol. The van der Waals surface area contributed by atoms with E-state index in [0.29, 0.717) is 11.0 Å². The minimum Gasteiger partial charge on any atom is -0.348 e. The van der Waals surface area contributed by atoms with E-state index in [2.05, 4.69) is 10.3 Å². The van der Waals surface area contributed by atoms with Crippen LogP contribution < -0.4 is 10.9 Å². The average molecular weight is 335 g/mol. The summed E-state index contributed by atoms with van der Waals surface area (Å²) in [6, 6.07) is 15.4. The fourth-order valence-corrected chi connectivity index (χ4v) is 2.88. The van der Waals surface area contributed by atoms with Crippen molar-refractivity contribution in [3.8, 4) is 0 Å². The molecule has 0 fully saturated rings. The smallest absolute Gasteiger partial charge is 0.269 e.